The summed E-state index contributed by atoms with van der Waals surface area (Å²) in [4.78, 5) is 20.6. The van der Waals surface area contributed by atoms with Crippen molar-refractivity contribution in [1.82, 2.24) is 15.5 Å². The zero-order valence-corrected chi connectivity index (χ0v) is 17.7. The van der Waals surface area contributed by atoms with Gasteiger partial charge >= 0.3 is 0 Å². The minimum Gasteiger partial charge on any atom is -0.357 e. The van der Waals surface area contributed by atoms with Crippen molar-refractivity contribution in [3.8, 4) is 0 Å². The Bertz CT molecular complexity index is 601. The zero-order chi connectivity index (χ0) is 19.2. The van der Waals surface area contributed by atoms with Crippen LogP contribution in [0.3, 0.4) is 0 Å². The van der Waals surface area contributed by atoms with Crippen LogP contribution in [-0.2, 0) is 10.2 Å². The molecule has 0 atom stereocenters. The molecule has 6 heteroatoms. The van der Waals surface area contributed by atoms with Gasteiger partial charge in [-0.05, 0) is 31.2 Å². The molecule has 0 unspecified atom stereocenters. The summed E-state index contributed by atoms with van der Waals surface area (Å²) in [7, 11) is 3.70. The number of thiophene rings is 1. The van der Waals surface area contributed by atoms with Crippen molar-refractivity contribution in [3.63, 3.8) is 0 Å². The Morgan fingerprint density at radius 1 is 1.31 bits per heavy atom. The van der Waals surface area contributed by atoms with Crippen LogP contribution in [0.15, 0.2) is 22.5 Å². The Morgan fingerprint density at radius 2 is 2.00 bits per heavy atom. The van der Waals surface area contributed by atoms with Crippen LogP contribution in [0.25, 0.3) is 0 Å². The van der Waals surface area contributed by atoms with Crippen LogP contribution in [0.2, 0.25) is 0 Å². The molecule has 1 aromatic rings. The summed E-state index contributed by atoms with van der Waals surface area (Å²) < 4.78 is 0. The number of hydrogen-bond acceptors (Lipinski definition) is 3. The number of carbonyl (C=O) groups is 1. The highest BCUT2D eigenvalue weighted by molar-refractivity contribution is 7.10. The lowest BCUT2D eigenvalue weighted by molar-refractivity contribution is -0.138. The molecular weight excluding hydrogens is 344 g/mol. The Hall–Kier alpha value is -1.56. The van der Waals surface area contributed by atoms with Crippen molar-refractivity contribution in [1.29, 1.82) is 0 Å². The number of amides is 1. The summed E-state index contributed by atoms with van der Waals surface area (Å²) in [5.74, 6) is 1.03. The van der Waals surface area contributed by atoms with Crippen molar-refractivity contribution in [3.05, 3.63) is 22.4 Å². The van der Waals surface area contributed by atoms with Gasteiger partial charge in [-0.3, -0.25) is 9.79 Å². The monoisotopic (exact) mass is 378 g/mol. The second kappa shape index (κ2) is 8.89. The number of aliphatic imine (C=N–C) groups is 1. The molecule has 1 aliphatic rings. The summed E-state index contributed by atoms with van der Waals surface area (Å²) in [5.41, 5.74) is -0.288. The highest BCUT2D eigenvalue weighted by Crippen LogP contribution is 2.39. The molecule has 0 aromatic carbocycles. The van der Waals surface area contributed by atoms with Gasteiger partial charge < -0.3 is 15.5 Å². The van der Waals surface area contributed by atoms with Gasteiger partial charge in [0.1, 0.15) is 0 Å². The van der Waals surface area contributed by atoms with Gasteiger partial charge in [0.15, 0.2) is 5.96 Å². The van der Waals surface area contributed by atoms with Gasteiger partial charge in [0.25, 0.3) is 0 Å². The molecule has 1 fully saturated rings. The lowest BCUT2D eigenvalue weighted by Crippen LogP contribution is -2.49. The first-order valence-corrected chi connectivity index (χ1v) is 10.5. The molecule has 1 amide bonds. The summed E-state index contributed by atoms with van der Waals surface area (Å²) in [6.45, 7) is 8.67. The predicted molar refractivity (Wildman–Crippen MR) is 111 cm³/mol. The van der Waals surface area contributed by atoms with Crippen molar-refractivity contribution in [2.24, 2.45) is 10.4 Å². The van der Waals surface area contributed by atoms with Crippen LogP contribution in [0.1, 0.15) is 51.3 Å². The normalized spacial score (nSPS) is 17.2. The lowest BCUT2D eigenvalue weighted by atomic mass is 9.84. The first-order chi connectivity index (χ1) is 12.3. The summed E-state index contributed by atoms with van der Waals surface area (Å²) in [5, 5.41) is 8.89. The third-order valence-electron chi connectivity index (χ3n) is 5.18. The number of rotatable bonds is 7. The van der Waals surface area contributed by atoms with E-state index < -0.39 is 0 Å². The zero-order valence-electron chi connectivity index (χ0n) is 16.9. The maximum absolute atomic E-state index is 12.7. The molecular formula is C20H34N4OS. The highest BCUT2D eigenvalue weighted by Gasteiger charge is 2.42. The fourth-order valence-corrected chi connectivity index (χ4v) is 4.45. The fraction of sp³-hybridized carbons (Fsp3) is 0.700. The fourth-order valence-electron chi connectivity index (χ4n) is 3.61. The standard InChI is InChI=1S/C20H34N4OS/c1-6-21-18(22-14-19(2,3)16-10-9-13-26-16)23-15-20(11-7-8-12-20)17(25)24(4)5/h9-10,13H,6-8,11-12,14-15H2,1-5H3,(H2,21,22,23). The maximum atomic E-state index is 12.7. The summed E-state index contributed by atoms with van der Waals surface area (Å²) >= 11 is 1.77. The van der Waals surface area contributed by atoms with E-state index in [-0.39, 0.29) is 16.7 Å². The van der Waals surface area contributed by atoms with Gasteiger partial charge in [-0.15, -0.1) is 11.3 Å². The van der Waals surface area contributed by atoms with Gasteiger partial charge in [0.2, 0.25) is 5.91 Å². The Labute approximate surface area is 162 Å². The maximum Gasteiger partial charge on any atom is 0.230 e. The van der Waals surface area contributed by atoms with E-state index in [2.05, 4.69) is 48.9 Å². The Kier molecular flexibility index (Phi) is 7.09. The smallest absolute Gasteiger partial charge is 0.230 e. The predicted octanol–water partition coefficient (Wildman–Crippen LogP) is 3.23. The van der Waals surface area contributed by atoms with Crippen molar-refractivity contribution in [2.45, 2.75) is 51.9 Å². The molecule has 2 rings (SSSR count). The number of nitrogens with one attached hydrogen (secondary N) is 2. The number of hydrogen-bond donors (Lipinski definition) is 2. The Morgan fingerprint density at radius 3 is 2.54 bits per heavy atom. The minimum absolute atomic E-state index is 0.00101. The van der Waals surface area contributed by atoms with Crippen molar-refractivity contribution < 1.29 is 4.79 Å². The quantitative estimate of drug-likeness (QED) is 0.566. The number of guanidine groups is 1. The first kappa shape index (κ1) is 20.7. The van der Waals surface area contributed by atoms with Gasteiger partial charge in [-0.2, -0.15) is 0 Å². The third kappa shape index (κ3) is 5.00. The van der Waals surface area contributed by atoms with E-state index in [1.165, 1.54) is 4.88 Å². The van der Waals surface area contributed by atoms with Gasteiger partial charge in [0.05, 0.1) is 12.0 Å². The molecule has 1 aromatic heterocycles. The SMILES string of the molecule is CCNC(=NCC(C)(C)c1cccs1)NCC1(C(=O)N(C)C)CCCC1. The van der Waals surface area contributed by atoms with E-state index in [1.807, 2.05) is 14.1 Å². The summed E-state index contributed by atoms with van der Waals surface area (Å²) in [6.07, 6.45) is 4.16. The highest BCUT2D eigenvalue weighted by atomic mass is 32.1. The van der Waals surface area contributed by atoms with Crippen molar-refractivity contribution >= 4 is 23.2 Å². The van der Waals surface area contributed by atoms with Crippen LogP contribution in [0.4, 0.5) is 0 Å². The van der Waals surface area contributed by atoms with Crippen molar-refractivity contribution in [2.75, 3.05) is 33.7 Å². The van der Waals surface area contributed by atoms with E-state index in [4.69, 9.17) is 4.99 Å². The van der Waals surface area contributed by atoms with E-state index in [9.17, 15) is 4.79 Å². The average Bonchev–Trinajstić information content (AvgIpc) is 3.29. The molecule has 0 spiro atoms. The molecule has 146 valence electrons. The molecule has 26 heavy (non-hydrogen) atoms. The second-order valence-electron chi connectivity index (χ2n) is 8.10. The third-order valence-corrected chi connectivity index (χ3v) is 6.42. The van der Waals surface area contributed by atoms with E-state index in [0.29, 0.717) is 13.1 Å². The molecule has 1 aliphatic carbocycles. The molecule has 0 saturated heterocycles. The van der Waals surface area contributed by atoms with Crippen LogP contribution in [0.5, 0.6) is 0 Å². The lowest BCUT2D eigenvalue weighted by Gasteiger charge is -2.31. The van der Waals surface area contributed by atoms with E-state index in [0.717, 1.165) is 38.2 Å². The molecule has 0 radical (unpaired) electrons. The van der Waals surface area contributed by atoms with E-state index >= 15 is 0 Å². The van der Waals surface area contributed by atoms with Crippen LogP contribution in [0, 0.1) is 5.41 Å². The topological polar surface area (TPSA) is 56.7 Å². The molecule has 0 aliphatic heterocycles. The van der Waals surface area contributed by atoms with Gasteiger partial charge in [0, 0.05) is 37.5 Å². The molecule has 1 heterocycles. The van der Waals surface area contributed by atoms with Crippen LogP contribution in [-0.4, -0.2) is 50.5 Å². The summed E-state index contributed by atoms with van der Waals surface area (Å²) in [6, 6.07) is 4.26. The minimum atomic E-state index is -0.289. The Balaban J connectivity index is 2.06. The largest absolute Gasteiger partial charge is 0.357 e. The van der Waals surface area contributed by atoms with Crippen LogP contribution >= 0.6 is 11.3 Å². The van der Waals surface area contributed by atoms with Crippen LogP contribution < -0.4 is 10.6 Å². The first-order valence-electron chi connectivity index (χ1n) is 9.59. The molecule has 1 saturated carbocycles. The second-order valence-corrected chi connectivity index (χ2v) is 9.04. The number of carbonyl (C=O) groups excluding carboxylic acids is 1. The molecule has 0 bridgehead atoms. The van der Waals surface area contributed by atoms with Gasteiger partial charge in [-0.25, -0.2) is 0 Å². The average molecular weight is 379 g/mol. The van der Waals surface area contributed by atoms with E-state index in [1.54, 1.807) is 16.2 Å². The molecule has 5 nitrogen and oxygen atoms in total. The molecule has 2 N–H and O–H groups in total. The van der Waals surface area contributed by atoms with Gasteiger partial charge in [-0.1, -0.05) is 32.8 Å². The number of nitrogens with zero attached hydrogens (tertiary/aromatic N) is 2.